The summed E-state index contributed by atoms with van der Waals surface area (Å²) >= 11 is 3.17. The molecule has 2 aromatic rings. The highest BCUT2D eigenvalue weighted by molar-refractivity contribution is 9.10. The zero-order valence-electron chi connectivity index (χ0n) is 12.0. The number of hydrogen-bond donors (Lipinski definition) is 2. The van der Waals surface area contributed by atoms with E-state index < -0.39 is 5.82 Å². The van der Waals surface area contributed by atoms with Crippen LogP contribution < -0.4 is 10.6 Å². The summed E-state index contributed by atoms with van der Waals surface area (Å²) in [4.78, 5) is 23.4. The van der Waals surface area contributed by atoms with Gasteiger partial charge in [0.05, 0.1) is 5.56 Å². The molecular formula is C16H14BrFN2O2. The van der Waals surface area contributed by atoms with Crippen LogP contribution in [0.3, 0.4) is 0 Å². The maximum atomic E-state index is 13.1. The van der Waals surface area contributed by atoms with Gasteiger partial charge in [0, 0.05) is 22.8 Å². The quantitative estimate of drug-likeness (QED) is 0.860. The van der Waals surface area contributed by atoms with Gasteiger partial charge in [0.1, 0.15) is 5.82 Å². The van der Waals surface area contributed by atoms with E-state index in [9.17, 15) is 14.0 Å². The number of benzene rings is 2. The molecule has 0 fully saturated rings. The Labute approximate surface area is 135 Å². The second-order valence-electron chi connectivity index (χ2n) is 4.79. The van der Waals surface area contributed by atoms with E-state index in [1.807, 2.05) is 6.92 Å². The Hall–Kier alpha value is -2.21. The van der Waals surface area contributed by atoms with E-state index in [2.05, 4.69) is 26.6 Å². The molecule has 0 heterocycles. The van der Waals surface area contributed by atoms with Crippen LogP contribution in [0, 0.1) is 12.7 Å². The molecule has 2 amide bonds. The molecule has 0 unspecified atom stereocenters. The van der Waals surface area contributed by atoms with Crippen LogP contribution >= 0.6 is 15.9 Å². The summed E-state index contributed by atoms with van der Waals surface area (Å²) in [5, 5.41) is 5.41. The largest absolute Gasteiger partial charge is 0.326 e. The summed E-state index contributed by atoms with van der Waals surface area (Å²) in [5.41, 5.74) is 2.34. The number of carbonyl (C=O) groups is 2. The number of amides is 2. The Morgan fingerprint density at radius 3 is 2.45 bits per heavy atom. The van der Waals surface area contributed by atoms with E-state index in [0.29, 0.717) is 21.4 Å². The van der Waals surface area contributed by atoms with Crippen LogP contribution in [0.25, 0.3) is 0 Å². The molecule has 0 aromatic heterocycles. The van der Waals surface area contributed by atoms with Gasteiger partial charge in [-0.05, 0) is 58.7 Å². The fraction of sp³-hybridized carbons (Fsp3) is 0.125. The Morgan fingerprint density at radius 2 is 1.82 bits per heavy atom. The van der Waals surface area contributed by atoms with E-state index in [4.69, 9.17) is 0 Å². The van der Waals surface area contributed by atoms with Crippen molar-refractivity contribution in [2.45, 2.75) is 13.8 Å². The van der Waals surface area contributed by atoms with Gasteiger partial charge in [-0.2, -0.15) is 0 Å². The van der Waals surface area contributed by atoms with Gasteiger partial charge in [-0.3, -0.25) is 9.59 Å². The SMILES string of the molecule is CC(=O)Nc1ccc(C)c(NC(=O)c2ccc(F)cc2Br)c1. The van der Waals surface area contributed by atoms with Crippen LogP contribution in [0.2, 0.25) is 0 Å². The minimum atomic E-state index is -0.424. The number of nitrogens with one attached hydrogen (secondary N) is 2. The van der Waals surface area contributed by atoms with Crippen LogP contribution in [0.4, 0.5) is 15.8 Å². The first-order valence-corrected chi connectivity index (χ1v) is 7.31. The zero-order valence-corrected chi connectivity index (χ0v) is 13.6. The molecule has 114 valence electrons. The van der Waals surface area contributed by atoms with E-state index >= 15 is 0 Å². The molecule has 0 atom stereocenters. The number of anilines is 2. The molecule has 22 heavy (non-hydrogen) atoms. The van der Waals surface area contributed by atoms with Crippen molar-refractivity contribution >= 4 is 39.1 Å². The van der Waals surface area contributed by atoms with E-state index in [-0.39, 0.29) is 11.8 Å². The minimum Gasteiger partial charge on any atom is -0.326 e. The van der Waals surface area contributed by atoms with Crippen molar-refractivity contribution in [2.24, 2.45) is 0 Å². The highest BCUT2D eigenvalue weighted by Gasteiger charge is 2.12. The van der Waals surface area contributed by atoms with E-state index in [1.165, 1.54) is 25.1 Å². The predicted molar refractivity (Wildman–Crippen MR) is 87.5 cm³/mol. The summed E-state index contributed by atoms with van der Waals surface area (Å²) in [6.45, 7) is 3.25. The molecule has 0 saturated carbocycles. The lowest BCUT2D eigenvalue weighted by atomic mass is 10.1. The van der Waals surface area contributed by atoms with Crippen molar-refractivity contribution in [3.63, 3.8) is 0 Å². The molecule has 2 aromatic carbocycles. The molecule has 4 nitrogen and oxygen atoms in total. The van der Waals surface area contributed by atoms with Gasteiger partial charge in [0.2, 0.25) is 5.91 Å². The minimum absolute atomic E-state index is 0.192. The summed E-state index contributed by atoms with van der Waals surface area (Å²) in [6, 6.07) is 9.07. The lowest BCUT2D eigenvalue weighted by Crippen LogP contribution is -2.14. The zero-order chi connectivity index (χ0) is 16.3. The highest BCUT2D eigenvalue weighted by atomic mass is 79.9. The molecule has 0 aliphatic rings. The average Bonchev–Trinajstić information content (AvgIpc) is 2.41. The standard InChI is InChI=1S/C16H14BrFN2O2/c1-9-3-5-12(19-10(2)21)8-15(9)20-16(22)13-6-4-11(18)7-14(13)17/h3-8H,1-2H3,(H,19,21)(H,20,22). The third-order valence-corrected chi connectivity index (χ3v) is 3.64. The third-order valence-electron chi connectivity index (χ3n) is 2.98. The number of halogens is 2. The molecule has 2 N–H and O–H groups in total. The Morgan fingerprint density at radius 1 is 1.09 bits per heavy atom. The lowest BCUT2D eigenvalue weighted by molar-refractivity contribution is -0.114. The van der Waals surface area contributed by atoms with Crippen molar-refractivity contribution in [2.75, 3.05) is 10.6 Å². The Kier molecular flexibility index (Phi) is 4.92. The second-order valence-corrected chi connectivity index (χ2v) is 5.64. The summed E-state index contributed by atoms with van der Waals surface area (Å²) in [7, 11) is 0. The smallest absolute Gasteiger partial charge is 0.256 e. The van der Waals surface area contributed by atoms with E-state index in [0.717, 1.165) is 5.56 Å². The maximum absolute atomic E-state index is 13.1. The monoisotopic (exact) mass is 364 g/mol. The average molecular weight is 365 g/mol. The second kappa shape index (κ2) is 6.70. The first-order valence-electron chi connectivity index (χ1n) is 6.51. The Balaban J connectivity index is 2.25. The molecule has 2 rings (SSSR count). The molecule has 0 saturated heterocycles. The first kappa shape index (κ1) is 16.2. The number of rotatable bonds is 3. The highest BCUT2D eigenvalue weighted by Crippen LogP contribution is 2.23. The van der Waals surface area contributed by atoms with Gasteiger partial charge in [0.25, 0.3) is 5.91 Å². The van der Waals surface area contributed by atoms with Crippen LogP contribution in [0.1, 0.15) is 22.8 Å². The van der Waals surface area contributed by atoms with Crippen LogP contribution in [-0.4, -0.2) is 11.8 Å². The summed E-state index contributed by atoms with van der Waals surface area (Å²) < 4.78 is 13.5. The fourth-order valence-corrected chi connectivity index (χ4v) is 2.43. The summed E-state index contributed by atoms with van der Waals surface area (Å²) in [5.74, 6) is -0.982. The molecule has 0 spiro atoms. The first-order chi connectivity index (χ1) is 10.4. The van der Waals surface area contributed by atoms with Crippen LogP contribution in [0.15, 0.2) is 40.9 Å². The third kappa shape index (κ3) is 3.92. The Bertz CT molecular complexity index is 747. The number of carbonyl (C=O) groups excluding carboxylic acids is 2. The normalized spacial score (nSPS) is 10.2. The van der Waals surface area contributed by atoms with Crippen molar-refractivity contribution in [1.82, 2.24) is 0 Å². The van der Waals surface area contributed by atoms with Crippen molar-refractivity contribution in [3.05, 3.63) is 57.8 Å². The van der Waals surface area contributed by atoms with Gasteiger partial charge in [-0.15, -0.1) is 0 Å². The number of hydrogen-bond acceptors (Lipinski definition) is 2. The molecule has 0 aliphatic carbocycles. The predicted octanol–water partition coefficient (Wildman–Crippen LogP) is 4.11. The van der Waals surface area contributed by atoms with E-state index in [1.54, 1.807) is 18.2 Å². The fourth-order valence-electron chi connectivity index (χ4n) is 1.90. The molecule has 6 heteroatoms. The van der Waals surface area contributed by atoms with Crippen molar-refractivity contribution < 1.29 is 14.0 Å². The molecule has 0 aliphatic heterocycles. The summed E-state index contributed by atoms with van der Waals surface area (Å²) in [6.07, 6.45) is 0. The number of aryl methyl sites for hydroxylation is 1. The van der Waals surface area contributed by atoms with Gasteiger partial charge >= 0.3 is 0 Å². The van der Waals surface area contributed by atoms with Gasteiger partial charge in [-0.1, -0.05) is 6.07 Å². The van der Waals surface area contributed by atoms with Crippen molar-refractivity contribution in [1.29, 1.82) is 0 Å². The maximum Gasteiger partial charge on any atom is 0.256 e. The topological polar surface area (TPSA) is 58.2 Å². The molecule has 0 bridgehead atoms. The van der Waals surface area contributed by atoms with Crippen molar-refractivity contribution in [3.8, 4) is 0 Å². The molecule has 0 radical (unpaired) electrons. The van der Waals surface area contributed by atoms with Gasteiger partial charge < -0.3 is 10.6 Å². The van der Waals surface area contributed by atoms with Crippen LogP contribution in [0.5, 0.6) is 0 Å². The van der Waals surface area contributed by atoms with Gasteiger partial charge in [-0.25, -0.2) is 4.39 Å². The van der Waals surface area contributed by atoms with Crippen LogP contribution in [-0.2, 0) is 4.79 Å². The molecular weight excluding hydrogens is 351 g/mol. The lowest BCUT2D eigenvalue weighted by Gasteiger charge is -2.12. The van der Waals surface area contributed by atoms with Gasteiger partial charge in [0.15, 0.2) is 0 Å².